The summed E-state index contributed by atoms with van der Waals surface area (Å²) in [6.07, 6.45) is 0.150. The van der Waals surface area contributed by atoms with E-state index in [9.17, 15) is 9.59 Å². The minimum atomic E-state index is -0.342. The van der Waals surface area contributed by atoms with Crippen molar-refractivity contribution in [3.8, 4) is 22.8 Å². The summed E-state index contributed by atoms with van der Waals surface area (Å²) < 4.78 is 21.1. The Hall–Kier alpha value is -3.85. The van der Waals surface area contributed by atoms with Crippen LogP contribution in [0.25, 0.3) is 11.3 Å². The van der Waals surface area contributed by atoms with Gasteiger partial charge in [0.15, 0.2) is 11.5 Å². The van der Waals surface area contributed by atoms with E-state index in [0.717, 1.165) is 5.56 Å². The van der Waals surface area contributed by atoms with Gasteiger partial charge in [-0.2, -0.15) is 0 Å². The lowest BCUT2D eigenvalue weighted by Crippen LogP contribution is -2.35. The maximum Gasteiger partial charge on any atom is 0.276 e. The van der Waals surface area contributed by atoms with Crippen molar-refractivity contribution in [2.75, 3.05) is 41.0 Å². The lowest BCUT2D eigenvalue weighted by molar-refractivity contribution is -0.121. The molecule has 0 spiro atoms. The fourth-order valence-electron chi connectivity index (χ4n) is 3.35. The number of hydrogen-bond donors (Lipinski definition) is 1. The molecule has 0 bridgehead atoms. The van der Waals surface area contributed by atoms with Crippen LogP contribution in [-0.2, 0) is 16.1 Å². The summed E-state index contributed by atoms with van der Waals surface area (Å²) in [5.74, 6) is 1.04. The molecule has 2 aromatic carbocycles. The fourth-order valence-corrected chi connectivity index (χ4v) is 3.35. The number of hydrogen-bond acceptors (Lipinski definition) is 7. The van der Waals surface area contributed by atoms with Crippen molar-refractivity contribution < 1.29 is 28.3 Å². The van der Waals surface area contributed by atoms with Gasteiger partial charge in [0.25, 0.3) is 5.91 Å². The minimum absolute atomic E-state index is 0.135. The van der Waals surface area contributed by atoms with Gasteiger partial charge in [-0.05, 0) is 23.8 Å². The summed E-state index contributed by atoms with van der Waals surface area (Å²) in [7, 11) is 4.68. The Kier molecular flexibility index (Phi) is 9.04. The molecule has 0 radical (unpaired) electrons. The standard InChI is InChI=1S/C25H29N3O6/c1-31-14-12-26-24(29)11-13-28(17-18-7-5-4-6-8-18)25(30)21-16-23(34-27-21)20-15-19(32-2)9-10-22(20)33-3/h4-10,15-16H,11-14,17H2,1-3H3,(H,26,29). The maximum atomic E-state index is 13.3. The number of nitrogens with zero attached hydrogens (tertiary/aromatic N) is 2. The smallest absolute Gasteiger partial charge is 0.276 e. The van der Waals surface area contributed by atoms with Gasteiger partial charge in [0, 0.05) is 39.2 Å². The zero-order valence-electron chi connectivity index (χ0n) is 19.6. The molecule has 0 aliphatic heterocycles. The number of ether oxygens (including phenoxy) is 3. The lowest BCUT2D eigenvalue weighted by Gasteiger charge is -2.21. The van der Waals surface area contributed by atoms with Crippen LogP contribution in [0.15, 0.2) is 59.1 Å². The molecule has 0 aliphatic rings. The number of amides is 2. The summed E-state index contributed by atoms with van der Waals surface area (Å²) in [6.45, 7) is 1.39. The van der Waals surface area contributed by atoms with Crippen LogP contribution < -0.4 is 14.8 Å². The molecule has 180 valence electrons. The molecule has 34 heavy (non-hydrogen) atoms. The third kappa shape index (κ3) is 6.58. The predicted molar refractivity (Wildman–Crippen MR) is 126 cm³/mol. The van der Waals surface area contributed by atoms with Crippen LogP contribution in [0, 0.1) is 0 Å². The third-order valence-corrected chi connectivity index (χ3v) is 5.14. The van der Waals surface area contributed by atoms with Crippen LogP contribution in [0.2, 0.25) is 0 Å². The molecule has 2 amide bonds. The van der Waals surface area contributed by atoms with Gasteiger partial charge in [0.05, 0.1) is 26.4 Å². The van der Waals surface area contributed by atoms with Gasteiger partial charge in [-0.25, -0.2) is 0 Å². The topological polar surface area (TPSA) is 103 Å². The highest BCUT2D eigenvalue weighted by Crippen LogP contribution is 2.34. The number of benzene rings is 2. The van der Waals surface area contributed by atoms with Crippen molar-refractivity contribution in [1.29, 1.82) is 0 Å². The van der Waals surface area contributed by atoms with Crippen LogP contribution in [-0.4, -0.2) is 62.9 Å². The zero-order valence-corrected chi connectivity index (χ0v) is 19.6. The minimum Gasteiger partial charge on any atom is -0.497 e. The molecule has 1 heterocycles. The average molecular weight is 468 g/mol. The van der Waals surface area contributed by atoms with E-state index < -0.39 is 0 Å². The molecular weight excluding hydrogens is 438 g/mol. The summed E-state index contributed by atoms with van der Waals surface area (Å²) in [5.41, 5.74) is 1.69. The Labute approximate surface area is 198 Å². The molecule has 9 heteroatoms. The van der Waals surface area contributed by atoms with Crippen molar-refractivity contribution in [2.24, 2.45) is 0 Å². The predicted octanol–water partition coefficient (Wildman–Crippen LogP) is 3.15. The van der Waals surface area contributed by atoms with Gasteiger partial charge in [-0.3, -0.25) is 9.59 Å². The van der Waals surface area contributed by atoms with E-state index >= 15 is 0 Å². The molecule has 0 unspecified atom stereocenters. The van der Waals surface area contributed by atoms with Crippen LogP contribution in [0.4, 0.5) is 0 Å². The Bertz CT molecular complexity index is 1080. The number of carbonyl (C=O) groups excluding carboxylic acids is 2. The van der Waals surface area contributed by atoms with Gasteiger partial charge in [0.2, 0.25) is 5.91 Å². The highest BCUT2D eigenvalue weighted by molar-refractivity contribution is 5.93. The second-order valence-corrected chi connectivity index (χ2v) is 7.45. The number of carbonyl (C=O) groups is 2. The molecule has 0 saturated carbocycles. The van der Waals surface area contributed by atoms with Gasteiger partial charge in [-0.15, -0.1) is 0 Å². The number of aromatic nitrogens is 1. The second kappa shape index (κ2) is 12.4. The van der Waals surface area contributed by atoms with Gasteiger partial charge >= 0.3 is 0 Å². The highest BCUT2D eigenvalue weighted by Gasteiger charge is 2.23. The monoisotopic (exact) mass is 467 g/mol. The Morgan fingerprint density at radius 1 is 1.03 bits per heavy atom. The normalized spacial score (nSPS) is 10.6. The SMILES string of the molecule is COCCNC(=O)CCN(Cc1ccccc1)C(=O)c1cc(-c2cc(OC)ccc2OC)on1. The number of methoxy groups -OCH3 is 3. The average Bonchev–Trinajstić information content (AvgIpc) is 3.36. The molecular formula is C25H29N3O6. The van der Waals surface area contributed by atoms with E-state index in [-0.39, 0.29) is 30.5 Å². The maximum absolute atomic E-state index is 13.3. The van der Waals surface area contributed by atoms with Crippen LogP contribution in [0.3, 0.4) is 0 Å². The van der Waals surface area contributed by atoms with E-state index in [2.05, 4.69) is 10.5 Å². The summed E-state index contributed by atoms with van der Waals surface area (Å²) >= 11 is 0. The van der Waals surface area contributed by atoms with Crippen molar-refractivity contribution in [3.63, 3.8) is 0 Å². The highest BCUT2D eigenvalue weighted by atomic mass is 16.5. The van der Waals surface area contributed by atoms with Gasteiger partial charge < -0.3 is 29.0 Å². The van der Waals surface area contributed by atoms with E-state index in [1.807, 2.05) is 30.3 Å². The lowest BCUT2D eigenvalue weighted by atomic mass is 10.1. The molecule has 9 nitrogen and oxygen atoms in total. The zero-order chi connectivity index (χ0) is 24.3. The molecule has 3 rings (SSSR count). The first-order valence-electron chi connectivity index (χ1n) is 10.8. The van der Waals surface area contributed by atoms with Crippen molar-refractivity contribution in [3.05, 3.63) is 65.9 Å². The van der Waals surface area contributed by atoms with Gasteiger partial charge in [0.1, 0.15) is 11.5 Å². The Morgan fingerprint density at radius 2 is 1.82 bits per heavy atom. The van der Waals surface area contributed by atoms with Crippen LogP contribution >= 0.6 is 0 Å². The summed E-state index contributed by atoms with van der Waals surface area (Å²) in [4.78, 5) is 27.1. The largest absolute Gasteiger partial charge is 0.497 e. The Balaban J connectivity index is 1.79. The molecule has 3 aromatic rings. The molecule has 0 aliphatic carbocycles. The van der Waals surface area contributed by atoms with E-state index in [4.69, 9.17) is 18.7 Å². The molecule has 0 atom stereocenters. The Morgan fingerprint density at radius 3 is 2.53 bits per heavy atom. The number of rotatable bonds is 12. The van der Waals surface area contributed by atoms with Crippen molar-refractivity contribution >= 4 is 11.8 Å². The first-order chi connectivity index (χ1) is 16.5. The van der Waals surface area contributed by atoms with Gasteiger partial charge in [-0.1, -0.05) is 35.5 Å². The number of nitrogens with one attached hydrogen (secondary N) is 1. The first-order valence-corrected chi connectivity index (χ1v) is 10.8. The molecule has 1 aromatic heterocycles. The molecule has 0 saturated heterocycles. The third-order valence-electron chi connectivity index (χ3n) is 5.14. The molecule has 1 N–H and O–H groups in total. The van der Waals surface area contributed by atoms with Crippen LogP contribution in [0.5, 0.6) is 11.5 Å². The second-order valence-electron chi connectivity index (χ2n) is 7.45. The van der Waals surface area contributed by atoms with E-state index in [1.54, 1.807) is 50.5 Å². The van der Waals surface area contributed by atoms with E-state index in [0.29, 0.717) is 42.5 Å². The molecule has 0 fully saturated rings. The quantitative estimate of drug-likeness (QED) is 0.408. The van der Waals surface area contributed by atoms with Crippen molar-refractivity contribution in [1.82, 2.24) is 15.4 Å². The summed E-state index contributed by atoms with van der Waals surface area (Å²) in [6, 6.07) is 16.4. The van der Waals surface area contributed by atoms with Crippen molar-refractivity contribution in [2.45, 2.75) is 13.0 Å². The fraction of sp³-hybridized carbons (Fsp3) is 0.320. The van der Waals surface area contributed by atoms with E-state index in [1.165, 1.54) is 0 Å². The summed E-state index contributed by atoms with van der Waals surface area (Å²) in [5, 5.41) is 6.76. The first kappa shape index (κ1) is 24.8. The van der Waals surface area contributed by atoms with Crippen LogP contribution in [0.1, 0.15) is 22.5 Å².